The van der Waals surface area contributed by atoms with Gasteiger partial charge in [0.05, 0.1) is 5.92 Å². The summed E-state index contributed by atoms with van der Waals surface area (Å²) in [5, 5.41) is 9.38. The first-order valence-corrected chi connectivity index (χ1v) is 7.33. The molecule has 1 aliphatic heterocycles. The molecule has 1 heterocycles. The molecule has 0 saturated heterocycles. The second kappa shape index (κ2) is 5.24. The largest absolute Gasteiger partial charge is 0.481 e. The van der Waals surface area contributed by atoms with Gasteiger partial charge in [-0.2, -0.15) is 0 Å². The Labute approximate surface area is 114 Å². The van der Waals surface area contributed by atoms with Crippen molar-refractivity contribution in [2.75, 3.05) is 11.4 Å². The van der Waals surface area contributed by atoms with Crippen molar-refractivity contribution >= 4 is 11.7 Å². The lowest BCUT2D eigenvalue weighted by Gasteiger charge is -2.32. The summed E-state index contributed by atoms with van der Waals surface area (Å²) in [6.45, 7) is 0.678. The molecule has 3 rings (SSSR count). The molecule has 1 aromatic rings. The van der Waals surface area contributed by atoms with E-state index >= 15 is 0 Å². The molecule has 0 aromatic heterocycles. The summed E-state index contributed by atoms with van der Waals surface area (Å²) in [6.07, 6.45) is 6.62. The van der Waals surface area contributed by atoms with Crippen molar-refractivity contribution < 1.29 is 9.90 Å². The number of carbonyl (C=O) groups is 1. The third-order valence-electron chi connectivity index (χ3n) is 4.59. The smallest absolute Gasteiger partial charge is 0.308 e. The summed E-state index contributed by atoms with van der Waals surface area (Å²) in [4.78, 5) is 13.8. The minimum atomic E-state index is -0.643. The number of carboxylic acid groups (broad SMARTS) is 1. The Morgan fingerprint density at radius 3 is 2.63 bits per heavy atom. The average Bonchev–Trinajstić information content (AvgIpc) is 2.86. The molecule has 2 aliphatic rings. The first-order valence-electron chi connectivity index (χ1n) is 7.33. The summed E-state index contributed by atoms with van der Waals surface area (Å²) < 4.78 is 0. The van der Waals surface area contributed by atoms with Gasteiger partial charge in [-0.1, -0.05) is 31.0 Å². The Kier molecular flexibility index (Phi) is 3.45. The molecule has 1 aromatic carbocycles. The second-order valence-corrected chi connectivity index (χ2v) is 5.79. The zero-order valence-corrected chi connectivity index (χ0v) is 11.2. The van der Waals surface area contributed by atoms with Gasteiger partial charge in [0.1, 0.15) is 0 Å². The maximum Gasteiger partial charge on any atom is 0.308 e. The number of anilines is 1. The molecule has 0 bridgehead atoms. The highest BCUT2D eigenvalue weighted by molar-refractivity contribution is 5.72. The van der Waals surface area contributed by atoms with E-state index in [4.69, 9.17) is 0 Å². The van der Waals surface area contributed by atoms with Crippen LogP contribution in [-0.2, 0) is 11.2 Å². The summed E-state index contributed by atoms with van der Waals surface area (Å²) in [7, 11) is 0. The molecule has 1 atom stereocenters. The van der Waals surface area contributed by atoms with Crippen molar-refractivity contribution in [2.45, 2.75) is 44.6 Å². The molecule has 0 amide bonds. The predicted molar refractivity (Wildman–Crippen MR) is 75.5 cm³/mol. The number of para-hydroxylation sites is 1. The van der Waals surface area contributed by atoms with Gasteiger partial charge in [-0.15, -0.1) is 0 Å². The minimum absolute atomic E-state index is 0.229. The number of aryl methyl sites for hydroxylation is 1. The monoisotopic (exact) mass is 259 g/mol. The van der Waals surface area contributed by atoms with E-state index in [1.165, 1.54) is 36.9 Å². The third-order valence-corrected chi connectivity index (χ3v) is 4.59. The number of nitrogens with zero attached hydrogens (tertiary/aromatic N) is 1. The molecular weight excluding hydrogens is 238 g/mol. The highest BCUT2D eigenvalue weighted by Crippen LogP contribution is 2.34. The molecule has 0 radical (unpaired) electrons. The van der Waals surface area contributed by atoms with Crippen LogP contribution in [0, 0.1) is 5.92 Å². The molecule has 1 saturated carbocycles. The van der Waals surface area contributed by atoms with Gasteiger partial charge in [-0.3, -0.25) is 4.79 Å². The van der Waals surface area contributed by atoms with Crippen LogP contribution in [0.2, 0.25) is 0 Å². The van der Waals surface area contributed by atoms with Gasteiger partial charge in [0.15, 0.2) is 0 Å². The number of carboxylic acids is 1. The zero-order chi connectivity index (χ0) is 13.2. The average molecular weight is 259 g/mol. The second-order valence-electron chi connectivity index (χ2n) is 5.79. The normalized spacial score (nSPS) is 24.0. The predicted octanol–water partition coefficient (Wildman–Crippen LogP) is 3.08. The van der Waals surface area contributed by atoms with Crippen LogP contribution >= 0.6 is 0 Å². The van der Waals surface area contributed by atoms with Crippen LogP contribution in [0.3, 0.4) is 0 Å². The van der Waals surface area contributed by atoms with E-state index in [9.17, 15) is 9.90 Å². The van der Waals surface area contributed by atoms with Gasteiger partial charge in [-0.05, 0) is 37.3 Å². The van der Waals surface area contributed by atoms with Crippen LogP contribution < -0.4 is 4.90 Å². The van der Waals surface area contributed by atoms with Gasteiger partial charge >= 0.3 is 5.97 Å². The summed E-state index contributed by atoms with van der Waals surface area (Å²) in [5.74, 6) is -0.871. The van der Waals surface area contributed by atoms with E-state index in [-0.39, 0.29) is 5.92 Å². The van der Waals surface area contributed by atoms with Gasteiger partial charge in [0.25, 0.3) is 0 Å². The lowest BCUT2D eigenvalue weighted by Crippen LogP contribution is -2.38. The number of hydrogen-bond donors (Lipinski definition) is 1. The van der Waals surface area contributed by atoms with Gasteiger partial charge in [0.2, 0.25) is 0 Å². The molecule has 19 heavy (non-hydrogen) atoms. The minimum Gasteiger partial charge on any atom is -0.481 e. The van der Waals surface area contributed by atoms with Crippen molar-refractivity contribution in [3.63, 3.8) is 0 Å². The van der Waals surface area contributed by atoms with E-state index in [0.717, 1.165) is 12.8 Å². The lowest BCUT2D eigenvalue weighted by molar-refractivity contribution is -0.141. The number of aliphatic carboxylic acids is 1. The number of hydrogen-bond acceptors (Lipinski definition) is 2. The van der Waals surface area contributed by atoms with Crippen LogP contribution in [0.25, 0.3) is 0 Å². The molecule has 3 nitrogen and oxygen atoms in total. The third kappa shape index (κ3) is 2.46. The van der Waals surface area contributed by atoms with E-state index in [0.29, 0.717) is 12.6 Å². The molecule has 1 unspecified atom stereocenters. The standard InChI is InChI=1S/C16H21NO2/c18-16(19)13-10-9-12-5-1-4-8-15(12)17(11-13)14-6-2-3-7-14/h1,4-5,8,13-14H,2-3,6-7,9-11H2,(H,18,19). The maximum absolute atomic E-state index is 11.4. The molecular formula is C16H21NO2. The molecule has 1 aliphatic carbocycles. The van der Waals surface area contributed by atoms with E-state index in [2.05, 4.69) is 29.2 Å². The van der Waals surface area contributed by atoms with Crippen molar-refractivity contribution in [1.29, 1.82) is 0 Å². The van der Waals surface area contributed by atoms with Gasteiger partial charge < -0.3 is 10.0 Å². The first-order chi connectivity index (χ1) is 9.25. The Balaban J connectivity index is 1.93. The van der Waals surface area contributed by atoms with E-state index < -0.39 is 5.97 Å². The van der Waals surface area contributed by atoms with Crippen molar-refractivity contribution in [2.24, 2.45) is 5.92 Å². The number of rotatable bonds is 2. The zero-order valence-electron chi connectivity index (χ0n) is 11.2. The quantitative estimate of drug-likeness (QED) is 0.887. The first kappa shape index (κ1) is 12.5. The summed E-state index contributed by atoms with van der Waals surface area (Å²) in [6, 6.07) is 9.00. The lowest BCUT2D eigenvalue weighted by atomic mass is 10.0. The molecule has 1 fully saturated rings. The Morgan fingerprint density at radius 1 is 1.16 bits per heavy atom. The van der Waals surface area contributed by atoms with Crippen LogP contribution in [0.5, 0.6) is 0 Å². The number of benzene rings is 1. The molecule has 1 N–H and O–H groups in total. The molecule has 0 spiro atoms. The highest BCUT2D eigenvalue weighted by Gasteiger charge is 2.31. The van der Waals surface area contributed by atoms with Crippen LogP contribution in [0.4, 0.5) is 5.69 Å². The Morgan fingerprint density at radius 2 is 1.89 bits per heavy atom. The van der Waals surface area contributed by atoms with Gasteiger partial charge in [0, 0.05) is 18.3 Å². The molecule has 102 valence electrons. The van der Waals surface area contributed by atoms with E-state index in [1.54, 1.807) is 0 Å². The maximum atomic E-state index is 11.4. The van der Waals surface area contributed by atoms with Crippen LogP contribution in [-0.4, -0.2) is 23.7 Å². The summed E-state index contributed by atoms with van der Waals surface area (Å²) >= 11 is 0. The van der Waals surface area contributed by atoms with Crippen molar-refractivity contribution in [3.8, 4) is 0 Å². The summed E-state index contributed by atoms with van der Waals surface area (Å²) in [5.41, 5.74) is 2.59. The topological polar surface area (TPSA) is 40.5 Å². The van der Waals surface area contributed by atoms with Crippen LogP contribution in [0.1, 0.15) is 37.7 Å². The fourth-order valence-electron chi connectivity index (χ4n) is 3.52. The fourth-order valence-corrected chi connectivity index (χ4v) is 3.52. The highest BCUT2D eigenvalue weighted by atomic mass is 16.4. The SMILES string of the molecule is O=C(O)C1CCc2ccccc2N(C2CCCC2)C1. The van der Waals surface area contributed by atoms with Crippen molar-refractivity contribution in [3.05, 3.63) is 29.8 Å². The van der Waals surface area contributed by atoms with Gasteiger partial charge in [-0.25, -0.2) is 0 Å². The Hall–Kier alpha value is -1.51. The molecule has 3 heteroatoms. The Bertz CT molecular complexity index is 466. The van der Waals surface area contributed by atoms with Crippen LogP contribution in [0.15, 0.2) is 24.3 Å². The fraction of sp³-hybridized carbons (Fsp3) is 0.562. The number of fused-ring (bicyclic) bond motifs is 1. The van der Waals surface area contributed by atoms with Crippen molar-refractivity contribution in [1.82, 2.24) is 0 Å². The van der Waals surface area contributed by atoms with E-state index in [1.807, 2.05) is 0 Å².